The summed E-state index contributed by atoms with van der Waals surface area (Å²) < 4.78 is 0. The van der Waals surface area contributed by atoms with Gasteiger partial charge in [-0.05, 0) is 23.6 Å². The number of aliphatic hydroxyl groups is 1. The molecule has 1 aromatic rings. The fourth-order valence-electron chi connectivity index (χ4n) is 2.11. The SMILES string of the molecule is OCCc1[c]cccc1CN1CCNCC1. The zero-order chi connectivity index (χ0) is 11.2. The molecule has 3 heteroatoms. The first kappa shape index (κ1) is 11.6. The number of aliphatic hydroxyl groups excluding tert-OH is 1. The van der Waals surface area contributed by atoms with Crippen molar-refractivity contribution in [1.29, 1.82) is 0 Å². The summed E-state index contributed by atoms with van der Waals surface area (Å²) in [6, 6.07) is 9.32. The monoisotopic (exact) mass is 219 g/mol. The van der Waals surface area contributed by atoms with Crippen LogP contribution in [0.5, 0.6) is 0 Å². The third kappa shape index (κ3) is 3.04. The van der Waals surface area contributed by atoms with Gasteiger partial charge in [-0.25, -0.2) is 0 Å². The summed E-state index contributed by atoms with van der Waals surface area (Å²) >= 11 is 0. The molecule has 16 heavy (non-hydrogen) atoms. The standard InChI is InChI=1S/C13H19N2O/c16-10-5-12-3-1-2-4-13(12)11-15-8-6-14-7-9-15/h1-2,4,14,16H,5-11H2. The Hall–Kier alpha value is -0.900. The van der Waals surface area contributed by atoms with Crippen molar-refractivity contribution >= 4 is 0 Å². The molecule has 1 heterocycles. The van der Waals surface area contributed by atoms with E-state index in [4.69, 9.17) is 5.11 Å². The largest absolute Gasteiger partial charge is 0.396 e. The maximum atomic E-state index is 9.01. The Balaban J connectivity index is 2.01. The molecule has 3 nitrogen and oxygen atoms in total. The second kappa shape index (κ2) is 5.99. The minimum Gasteiger partial charge on any atom is -0.396 e. The van der Waals surface area contributed by atoms with Crippen LogP contribution in [0.3, 0.4) is 0 Å². The van der Waals surface area contributed by atoms with Crippen molar-refractivity contribution < 1.29 is 5.11 Å². The predicted molar refractivity (Wildman–Crippen MR) is 64.2 cm³/mol. The van der Waals surface area contributed by atoms with Crippen molar-refractivity contribution in [3.8, 4) is 0 Å². The third-order valence-corrected chi connectivity index (χ3v) is 3.00. The highest BCUT2D eigenvalue weighted by Gasteiger charge is 2.11. The Labute approximate surface area is 97.1 Å². The van der Waals surface area contributed by atoms with E-state index in [0.717, 1.165) is 38.3 Å². The van der Waals surface area contributed by atoms with Gasteiger partial charge in [0, 0.05) is 39.3 Å². The number of piperazine rings is 1. The molecule has 87 valence electrons. The summed E-state index contributed by atoms with van der Waals surface area (Å²) in [5.74, 6) is 0. The normalized spacial score (nSPS) is 17.6. The lowest BCUT2D eigenvalue weighted by molar-refractivity contribution is 0.232. The summed E-state index contributed by atoms with van der Waals surface area (Å²) in [5, 5.41) is 12.4. The van der Waals surface area contributed by atoms with Gasteiger partial charge < -0.3 is 10.4 Å². The first-order chi connectivity index (χ1) is 7.90. The van der Waals surface area contributed by atoms with Gasteiger partial charge in [-0.2, -0.15) is 0 Å². The summed E-state index contributed by atoms with van der Waals surface area (Å²) in [4.78, 5) is 2.44. The van der Waals surface area contributed by atoms with Crippen LogP contribution in [-0.4, -0.2) is 42.8 Å². The van der Waals surface area contributed by atoms with Gasteiger partial charge >= 0.3 is 0 Å². The van der Waals surface area contributed by atoms with Gasteiger partial charge in [0.25, 0.3) is 0 Å². The van der Waals surface area contributed by atoms with Crippen LogP contribution in [0.2, 0.25) is 0 Å². The molecule has 2 N–H and O–H groups in total. The minimum absolute atomic E-state index is 0.203. The third-order valence-electron chi connectivity index (χ3n) is 3.00. The Morgan fingerprint density at radius 3 is 2.94 bits per heavy atom. The number of rotatable bonds is 4. The lowest BCUT2D eigenvalue weighted by Crippen LogP contribution is -2.43. The first-order valence-corrected chi connectivity index (χ1v) is 5.92. The molecule has 0 spiro atoms. The summed E-state index contributed by atoms with van der Waals surface area (Å²) in [5.41, 5.74) is 2.46. The molecule has 1 saturated heterocycles. The van der Waals surface area contributed by atoms with Crippen molar-refractivity contribution in [3.05, 3.63) is 35.4 Å². The molecule has 0 unspecified atom stereocenters. The molecule has 1 aliphatic rings. The Bertz CT molecular complexity index is 321. The molecule has 0 aromatic heterocycles. The molecule has 1 aliphatic heterocycles. The van der Waals surface area contributed by atoms with Crippen molar-refractivity contribution in [3.63, 3.8) is 0 Å². The molecule has 0 bridgehead atoms. The van der Waals surface area contributed by atoms with Gasteiger partial charge in [0.1, 0.15) is 0 Å². The molecular weight excluding hydrogens is 200 g/mol. The molecule has 0 amide bonds. The quantitative estimate of drug-likeness (QED) is 0.771. The van der Waals surface area contributed by atoms with E-state index in [0.29, 0.717) is 6.42 Å². The van der Waals surface area contributed by atoms with E-state index in [9.17, 15) is 0 Å². The number of hydrogen-bond donors (Lipinski definition) is 2. The summed E-state index contributed by atoms with van der Waals surface area (Å²) in [6.45, 7) is 5.54. The van der Waals surface area contributed by atoms with Crippen molar-refractivity contribution in [2.24, 2.45) is 0 Å². The second-order valence-corrected chi connectivity index (χ2v) is 4.17. The van der Waals surface area contributed by atoms with E-state index in [-0.39, 0.29) is 6.61 Å². The molecular formula is C13H19N2O. The van der Waals surface area contributed by atoms with Gasteiger partial charge in [0.2, 0.25) is 0 Å². The molecule has 0 atom stereocenters. The predicted octanol–water partition coefficient (Wildman–Crippen LogP) is 0.427. The molecule has 1 radical (unpaired) electrons. The fourth-order valence-corrected chi connectivity index (χ4v) is 2.11. The van der Waals surface area contributed by atoms with Gasteiger partial charge in [0.05, 0.1) is 0 Å². The molecule has 1 aromatic carbocycles. The van der Waals surface area contributed by atoms with E-state index in [1.54, 1.807) is 0 Å². The number of hydrogen-bond acceptors (Lipinski definition) is 3. The van der Waals surface area contributed by atoms with Crippen LogP contribution in [0.1, 0.15) is 11.1 Å². The topological polar surface area (TPSA) is 35.5 Å². The number of nitrogens with zero attached hydrogens (tertiary/aromatic N) is 1. The average molecular weight is 219 g/mol. The van der Waals surface area contributed by atoms with Crippen LogP contribution in [-0.2, 0) is 13.0 Å². The summed E-state index contributed by atoms with van der Waals surface area (Å²) in [6.07, 6.45) is 0.711. The van der Waals surface area contributed by atoms with E-state index >= 15 is 0 Å². The smallest absolute Gasteiger partial charge is 0.0471 e. The Morgan fingerprint density at radius 1 is 1.38 bits per heavy atom. The van der Waals surface area contributed by atoms with Crippen molar-refractivity contribution in [2.75, 3.05) is 32.8 Å². The van der Waals surface area contributed by atoms with Crippen LogP contribution >= 0.6 is 0 Å². The van der Waals surface area contributed by atoms with E-state index in [1.807, 2.05) is 12.1 Å². The molecule has 0 saturated carbocycles. The van der Waals surface area contributed by atoms with E-state index in [2.05, 4.69) is 22.3 Å². The minimum atomic E-state index is 0.203. The van der Waals surface area contributed by atoms with Gasteiger partial charge in [0.15, 0.2) is 0 Å². The van der Waals surface area contributed by atoms with Crippen LogP contribution in [0.4, 0.5) is 0 Å². The first-order valence-electron chi connectivity index (χ1n) is 5.92. The van der Waals surface area contributed by atoms with Gasteiger partial charge in [-0.1, -0.05) is 18.2 Å². The van der Waals surface area contributed by atoms with E-state index < -0.39 is 0 Å². The highest BCUT2D eigenvalue weighted by atomic mass is 16.2. The van der Waals surface area contributed by atoms with Crippen molar-refractivity contribution in [2.45, 2.75) is 13.0 Å². The second-order valence-electron chi connectivity index (χ2n) is 4.17. The lowest BCUT2D eigenvalue weighted by atomic mass is 10.0. The van der Waals surface area contributed by atoms with E-state index in [1.165, 1.54) is 5.56 Å². The fraction of sp³-hybridized carbons (Fsp3) is 0.538. The highest BCUT2D eigenvalue weighted by Crippen LogP contribution is 2.12. The van der Waals surface area contributed by atoms with Crippen LogP contribution in [0, 0.1) is 6.07 Å². The zero-order valence-corrected chi connectivity index (χ0v) is 9.58. The lowest BCUT2D eigenvalue weighted by Gasteiger charge is -2.27. The molecule has 2 rings (SSSR count). The van der Waals surface area contributed by atoms with Crippen molar-refractivity contribution in [1.82, 2.24) is 10.2 Å². The van der Waals surface area contributed by atoms with Crippen LogP contribution in [0.15, 0.2) is 18.2 Å². The van der Waals surface area contributed by atoms with Crippen LogP contribution < -0.4 is 5.32 Å². The van der Waals surface area contributed by atoms with Gasteiger partial charge in [-0.15, -0.1) is 0 Å². The molecule has 0 aliphatic carbocycles. The average Bonchev–Trinajstić information content (AvgIpc) is 2.33. The van der Waals surface area contributed by atoms with Gasteiger partial charge in [-0.3, -0.25) is 4.90 Å². The highest BCUT2D eigenvalue weighted by molar-refractivity contribution is 5.26. The Kier molecular flexibility index (Phi) is 4.34. The Morgan fingerprint density at radius 2 is 2.19 bits per heavy atom. The number of benzene rings is 1. The maximum absolute atomic E-state index is 9.01. The zero-order valence-electron chi connectivity index (χ0n) is 9.58. The van der Waals surface area contributed by atoms with Crippen LogP contribution in [0.25, 0.3) is 0 Å². The maximum Gasteiger partial charge on any atom is 0.0471 e. The number of nitrogens with one attached hydrogen (secondary N) is 1. The summed E-state index contributed by atoms with van der Waals surface area (Å²) in [7, 11) is 0. The molecule has 1 fully saturated rings.